The molecule has 2 N–H and O–H groups in total. The van der Waals surface area contributed by atoms with E-state index in [0.29, 0.717) is 29.5 Å². The molecule has 2 aromatic rings. The number of anilines is 1. The van der Waals surface area contributed by atoms with E-state index < -0.39 is 0 Å². The van der Waals surface area contributed by atoms with Gasteiger partial charge in [-0.1, -0.05) is 42.7 Å². The summed E-state index contributed by atoms with van der Waals surface area (Å²) in [6.07, 6.45) is 0. The summed E-state index contributed by atoms with van der Waals surface area (Å²) < 4.78 is 5.53. The molecule has 108 valence electrons. The van der Waals surface area contributed by atoms with E-state index in [2.05, 4.69) is 34.7 Å². The topological polar surface area (TPSA) is 63.0 Å². The highest BCUT2D eigenvalue weighted by Gasteiger charge is 2.11. The Kier molecular flexibility index (Phi) is 4.98. The lowest BCUT2D eigenvalue weighted by molar-refractivity contribution is 0.456. The van der Waals surface area contributed by atoms with Crippen molar-refractivity contribution in [3.05, 3.63) is 40.7 Å². The number of benzene rings is 1. The average Bonchev–Trinajstić information content (AvgIpc) is 2.84. The van der Waals surface area contributed by atoms with E-state index in [1.54, 1.807) is 0 Å². The van der Waals surface area contributed by atoms with Crippen molar-refractivity contribution >= 4 is 17.6 Å². The molecule has 1 aromatic heterocycles. The van der Waals surface area contributed by atoms with Crippen LogP contribution in [0.2, 0.25) is 5.02 Å². The third-order valence-electron chi connectivity index (χ3n) is 2.82. The lowest BCUT2D eigenvalue weighted by Gasteiger charge is -2.12. The van der Waals surface area contributed by atoms with Crippen molar-refractivity contribution in [2.45, 2.75) is 39.4 Å². The first-order valence-corrected chi connectivity index (χ1v) is 7.00. The highest BCUT2D eigenvalue weighted by Crippen LogP contribution is 2.21. The number of hydrogen-bond acceptors (Lipinski definition) is 5. The lowest BCUT2D eigenvalue weighted by Crippen LogP contribution is -2.21. The Morgan fingerprint density at radius 2 is 2.05 bits per heavy atom. The predicted molar refractivity (Wildman–Crippen MR) is 79.8 cm³/mol. The van der Waals surface area contributed by atoms with Gasteiger partial charge in [-0.15, -0.1) is 5.10 Å². The molecule has 0 saturated heterocycles. The SMILES string of the molecule is CC(C)NCc1nnc(NC(C)c2cccc(Cl)c2)o1. The van der Waals surface area contributed by atoms with Crippen LogP contribution in [-0.2, 0) is 6.54 Å². The van der Waals surface area contributed by atoms with Crippen molar-refractivity contribution in [1.29, 1.82) is 0 Å². The maximum Gasteiger partial charge on any atom is 0.315 e. The van der Waals surface area contributed by atoms with Gasteiger partial charge in [0.1, 0.15) is 0 Å². The van der Waals surface area contributed by atoms with Crippen LogP contribution < -0.4 is 10.6 Å². The molecule has 2 rings (SSSR count). The third-order valence-corrected chi connectivity index (χ3v) is 3.05. The molecule has 20 heavy (non-hydrogen) atoms. The monoisotopic (exact) mass is 294 g/mol. The van der Waals surface area contributed by atoms with Crippen LogP contribution in [0.5, 0.6) is 0 Å². The Labute approximate surface area is 123 Å². The molecule has 0 saturated carbocycles. The van der Waals surface area contributed by atoms with Gasteiger partial charge >= 0.3 is 6.01 Å². The summed E-state index contributed by atoms with van der Waals surface area (Å²) in [4.78, 5) is 0. The Morgan fingerprint density at radius 1 is 1.25 bits per heavy atom. The van der Waals surface area contributed by atoms with Crippen molar-refractivity contribution in [3.8, 4) is 0 Å². The van der Waals surface area contributed by atoms with Crippen LogP contribution >= 0.6 is 11.6 Å². The van der Waals surface area contributed by atoms with Gasteiger partial charge in [0, 0.05) is 11.1 Å². The van der Waals surface area contributed by atoms with Gasteiger partial charge in [-0.25, -0.2) is 0 Å². The Hall–Kier alpha value is -1.59. The van der Waals surface area contributed by atoms with Gasteiger partial charge in [-0.3, -0.25) is 0 Å². The molecule has 0 bridgehead atoms. The van der Waals surface area contributed by atoms with Crippen molar-refractivity contribution in [2.75, 3.05) is 5.32 Å². The van der Waals surface area contributed by atoms with E-state index in [9.17, 15) is 0 Å². The normalized spacial score (nSPS) is 12.7. The van der Waals surface area contributed by atoms with Gasteiger partial charge in [-0.2, -0.15) is 0 Å². The van der Waals surface area contributed by atoms with Gasteiger partial charge in [0.25, 0.3) is 0 Å². The standard InChI is InChI=1S/C14H19ClN4O/c1-9(2)16-8-13-18-19-14(20-13)17-10(3)11-5-4-6-12(15)7-11/h4-7,9-10,16H,8H2,1-3H3,(H,17,19). The smallest absolute Gasteiger partial charge is 0.315 e. The minimum atomic E-state index is 0.0417. The highest BCUT2D eigenvalue weighted by atomic mass is 35.5. The van der Waals surface area contributed by atoms with E-state index in [1.165, 1.54) is 0 Å². The first-order valence-electron chi connectivity index (χ1n) is 6.62. The van der Waals surface area contributed by atoms with E-state index in [1.807, 2.05) is 31.2 Å². The number of rotatable bonds is 6. The first-order chi connectivity index (χ1) is 9.54. The fraction of sp³-hybridized carbons (Fsp3) is 0.429. The molecule has 0 aliphatic rings. The largest absolute Gasteiger partial charge is 0.407 e. The van der Waals surface area contributed by atoms with Crippen molar-refractivity contribution in [2.24, 2.45) is 0 Å². The lowest BCUT2D eigenvalue weighted by atomic mass is 10.1. The van der Waals surface area contributed by atoms with Crippen LogP contribution in [0.3, 0.4) is 0 Å². The number of nitrogens with zero attached hydrogens (tertiary/aromatic N) is 2. The quantitative estimate of drug-likeness (QED) is 0.855. The van der Waals surface area contributed by atoms with Crippen LogP contribution in [0.25, 0.3) is 0 Å². The molecule has 1 atom stereocenters. The molecule has 0 radical (unpaired) electrons. The van der Waals surface area contributed by atoms with Crippen LogP contribution in [-0.4, -0.2) is 16.2 Å². The first kappa shape index (κ1) is 14.8. The Balaban J connectivity index is 1.96. The van der Waals surface area contributed by atoms with Gasteiger partial charge in [0.2, 0.25) is 5.89 Å². The van der Waals surface area contributed by atoms with Crippen molar-refractivity contribution < 1.29 is 4.42 Å². The van der Waals surface area contributed by atoms with Crippen molar-refractivity contribution in [1.82, 2.24) is 15.5 Å². The summed E-state index contributed by atoms with van der Waals surface area (Å²) in [5.41, 5.74) is 1.07. The van der Waals surface area contributed by atoms with Crippen LogP contribution in [0.15, 0.2) is 28.7 Å². The van der Waals surface area contributed by atoms with Gasteiger partial charge in [-0.05, 0) is 24.6 Å². The maximum absolute atomic E-state index is 5.98. The van der Waals surface area contributed by atoms with E-state index in [4.69, 9.17) is 16.0 Å². The molecule has 0 amide bonds. The molecular formula is C14H19ClN4O. The van der Waals surface area contributed by atoms with Gasteiger partial charge < -0.3 is 15.1 Å². The molecule has 1 heterocycles. The zero-order valence-electron chi connectivity index (χ0n) is 11.9. The minimum Gasteiger partial charge on any atom is -0.407 e. The van der Waals surface area contributed by atoms with E-state index in [-0.39, 0.29) is 6.04 Å². The maximum atomic E-state index is 5.98. The second-order valence-electron chi connectivity index (χ2n) is 4.96. The predicted octanol–water partition coefficient (Wildman–Crippen LogP) is 3.39. The molecule has 0 aliphatic carbocycles. The van der Waals surface area contributed by atoms with E-state index in [0.717, 1.165) is 5.56 Å². The third kappa shape index (κ3) is 4.21. The fourth-order valence-electron chi connectivity index (χ4n) is 1.72. The van der Waals surface area contributed by atoms with Crippen molar-refractivity contribution in [3.63, 3.8) is 0 Å². The molecule has 0 aliphatic heterocycles. The van der Waals surface area contributed by atoms with Crippen LogP contribution in [0, 0.1) is 0 Å². The second kappa shape index (κ2) is 6.72. The zero-order valence-corrected chi connectivity index (χ0v) is 12.6. The summed E-state index contributed by atoms with van der Waals surface area (Å²) in [5.74, 6) is 0.569. The van der Waals surface area contributed by atoms with Crippen LogP contribution in [0.4, 0.5) is 6.01 Å². The molecular weight excluding hydrogens is 276 g/mol. The number of nitrogens with one attached hydrogen (secondary N) is 2. The number of halogens is 1. The molecule has 0 spiro atoms. The molecule has 1 unspecified atom stereocenters. The number of aromatic nitrogens is 2. The van der Waals surface area contributed by atoms with Gasteiger partial charge in [0.15, 0.2) is 0 Å². The Bertz CT molecular complexity index is 556. The summed E-state index contributed by atoms with van der Waals surface area (Å²) in [6, 6.07) is 8.52. The van der Waals surface area contributed by atoms with E-state index >= 15 is 0 Å². The molecule has 0 fully saturated rings. The number of hydrogen-bond donors (Lipinski definition) is 2. The molecule has 6 heteroatoms. The summed E-state index contributed by atoms with van der Waals surface area (Å²) >= 11 is 5.98. The minimum absolute atomic E-state index is 0.0417. The summed E-state index contributed by atoms with van der Waals surface area (Å²) in [6.45, 7) is 6.72. The van der Waals surface area contributed by atoms with Gasteiger partial charge in [0.05, 0.1) is 12.6 Å². The summed E-state index contributed by atoms with van der Waals surface area (Å²) in [7, 11) is 0. The fourth-order valence-corrected chi connectivity index (χ4v) is 1.92. The highest BCUT2D eigenvalue weighted by molar-refractivity contribution is 6.30. The summed E-state index contributed by atoms with van der Waals surface area (Å²) in [5, 5.41) is 15.1. The average molecular weight is 295 g/mol. The molecule has 5 nitrogen and oxygen atoms in total. The molecule has 1 aromatic carbocycles. The zero-order chi connectivity index (χ0) is 14.5. The van der Waals surface area contributed by atoms with Crippen LogP contribution in [0.1, 0.15) is 38.3 Å². The second-order valence-corrected chi connectivity index (χ2v) is 5.39. The Morgan fingerprint density at radius 3 is 2.75 bits per heavy atom.